The van der Waals surface area contributed by atoms with Gasteiger partial charge in [-0.3, -0.25) is 9.59 Å². The van der Waals surface area contributed by atoms with Gasteiger partial charge in [-0.25, -0.2) is 9.37 Å². The Labute approximate surface area is 165 Å². The summed E-state index contributed by atoms with van der Waals surface area (Å²) in [6, 6.07) is 13.7. The molecule has 3 rings (SSSR count). The smallest absolute Gasteiger partial charge is 0.248 e. The van der Waals surface area contributed by atoms with Crippen LogP contribution in [0.2, 0.25) is 5.02 Å². The first kappa shape index (κ1) is 19.3. The van der Waals surface area contributed by atoms with E-state index >= 15 is 0 Å². The van der Waals surface area contributed by atoms with Gasteiger partial charge < -0.3 is 15.8 Å². The van der Waals surface area contributed by atoms with Crippen LogP contribution in [0.25, 0.3) is 0 Å². The Kier molecular flexibility index (Phi) is 5.86. The summed E-state index contributed by atoms with van der Waals surface area (Å²) in [5.41, 5.74) is 6.09. The molecule has 0 fully saturated rings. The fourth-order valence-corrected chi connectivity index (χ4v) is 2.64. The second-order valence-corrected chi connectivity index (χ2v) is 6.21. The van der Waals surface area contributed by atoms with Crippen molar-refractivity contribution in [3.63, 3.8) is 0 Å². The van der Waals surface area contributed by atoms with Crippen molar-refractivity contribution in [2.75, 3.05) is 5.32 Å². The summed E-state index contributed by atoms with van der Waals surface area (Å²) in [5.74, 6) is -0.877. The summed E-state index contributed by atoms with van der Waals surface area (Å²) in [6.07, 6.45) is 1.19. The van der Waals surface area contributed by atoms with Gasteiger partial charge in [-0.1, -0.05) is 23.7 Å². The molecule has 1 aromatic heterocycles. The third-order valence-electron chi connectivity index (χ3n) is 3.76. The zero-order valence-corrected chi connectivity index (χ0v) is 15.2. The lowest BCUT2D eigenvalue weighted by Crippen LogP contribution is -2.15. The molecule has 0 saturated heterocycles. The SMILES string of the molecule is NC(=O)c1cccc(Oc2ccc(NC(=O)Cc3c(F)cccc3Cl)cn2)c1. The molecule has 0 bridgehead atoms. The highest BCUT2D eigenvalue weighted by Crippen LogP contribution is 2.22. The summed E-state index contributed by atoms with van der Waals surface area (Å²) >= 11 is 5.93. The van der Waals surface area contributed by atoms with Crippen LogP contribution in [0.4, 0.5) is 10.1 Å². The van der Waals surface area contributed by atoms with E-state index in [4.69, 9.17) is 22.1 Å². The molecule has 0 atom stereocenters. The van der Waals surface area contributed by atoms with Crippen LogP contribution in [0, 0.1) is 5.82 Å². The minimum Gasteiger partial charge on any atom is -0.439 e. The fourth-order valence-electron chi connectivity index (χ4n) is 2.42. The van der Waals surface area contributed by atoms with Crippen LogP contribution in [0.15, 0.2) is 60.8 Å². The predicted octanol–water partition coefficient (Wildman–Crippen LogP) is 3.95. The van der Waals surface area contributed by atoms with Crippen molar-refractivity contribution in [2.24, 2.45) is 5.73 Å². The van der Waals surface area contributed by atoms with Crippen molar-refractivity contribution >= 4 is 29.1 Å². The Balaban J connectivity index is 1.63. The lowest BCUT2D eigenvalue weighted by atomic mass is 10.1. The molecule has 0 radical (unpaired) electrons. The normalized spacial score (nSPS) is 10.4. The van der Waals surface area contributed by atoms with Crippen molar-refractivity contribution in [3.8, 4) is 11.6 Å². The molecule has 3 N–H and O–H groups in total. The van der Waals surface area contributed by atoms with Gasteiger partial charge in [0.05, 0.1) is 18.3 Å². The van der Waals surface area contributed by atoms with Crippen LogP contribution in [-0.4, -0.2) is 16.8 Å². The van der Waals surface area contributed by atoms with Crippen LogP contribution < -0.4 is 15.8 Å². The van der Waals surface area contributed by atoms with E-state index in [1.807, 2.05) is 0 Å². The maximum absolute atomic E-state index is 13.8. The van der Waals surface area contributed by atoms with E-state index in [1.54, 1.807) is 30.3 Å². The Morgan fingerprint density at radius 3 is 2.61 bits per heavy atom. The number of amides is 2. The topological polar surface area (TPSA) is 94.3 Å². The largest absolute Gasteiger partial charge is 0.439 e. The zero-order chi connectivity index (χ0) is 20.1. The van der Waals surface area contributed by atoms with Crippen molar-refractivity contribution in [2.45, 2.75) is 6.42 Å². The number of nitrogens with zero attached hydrogens (tertiary/aromatic N) is 1. The fraction of sp³-hybridized carbons (Fsp3) is 0.0500. The quantitative estimate of drug-likeness (QED) is 0.656. The highest BCUT2D eigenvalue weighted by Gasteiger charge is 2.12. The number of hydrogen-bond donors (Lipinski definition) is 2. The second kappa shape index (κ2) is 8.49. The average molecular weight is 400 g/mol. The minimum atomic E-state index is -0.563. The zero-order valence-electron chi connectivity index (χ0n) is 14.5. The van der Waals surface area contributed by atoms with E-state index in [-0.39, 0.29) is 22.9 Å². The number of carbonyl (C=O) groups excluding carboxylic acids is 2. The number of nitrogens with one attached hydrogen (secondary N) is 1. The van der Waals surface area contributed by atoms with Crippen molar-refractivity contribution in [1.29, 1.82) is 0 Å². The van der Waals surface area contributed by atoms with Gasteiger partial charge in [-0.05, 0) is 36.4 Å². The Morgan fingerprint density at radius 1 is 1.14 bits per heavy atom. The summed E-state index contributed by atoms with van der Waals surface area (Å²) in [7, 11) is 0. The third kappa shape index (κ3) is 4.83. The summed E-state index contributed by atoms with van der Waals surface area (Å²) in [4.78, 5) is 27.4. The highest BCUT2D eigenvalue weighted by atomic mass is 35.5. The second-order valence-electron chi connectivity index (χ2n) is 5.80. The molecule has 8 heteroatoms. The molecule has 0 saturated carbocycles. The number of aromatic nitrogens is 1. The van der Waals surface area contributed by atoms with Crippen molar-refractivity contribution < 1.29 is 18.7 Å². The molecule has 2 amide bonds. The van der Waals surface area contributed by atoms with Crippen LogP contribution in [0.5, 0.6) is 11.6 Å². The first-order valence-electron chi connectivity index (χ1n) is 8.19. The number of anilines is 1. The summed E-state index contributed by atoms with van der Waals surface area (Å²) in [6.45, 7) is 0. The van der Waals surface area contributed by atoms with Crippen molar-refractivity contribution in [1.82, 2.24) is 4.98 Å². The minimum absolute atomic E-state index is 0.129. The van der Waals surface area contributed by atoms with Gasteiger partial charge in [0.25, 0.3) is 0 Å². The maximum Gasteiger partial charge on any atom is 0.248 e. The number of ether oxygens (including phenoxy) is 1. The number of benzene rings is 2. The first-order valence-corrected chi connectivity index (χ1v) is 8.56. The lowest BCUT2D eigenvalue weighted by molar-refractivity contribution is -0.115. The highest BCUT2D eigenvalue weighted by molar-refractivity contribution is 6.31. The van der Waals surface area contributed by atoms with Gasteiger partial charge >= 0.3 is 0 Å². The Morgan fingerprint density at radius 2 is 1.93 bits per heavy atom. The van der Waals surface area contributed by atoms with Gasteiger partial charge in [0.2, 0.25) is 17.7 Å². The van der Waals surface area contributed by atoms with Gasteiger partial charge in [-0.15, -0.1) is 0 Å². The monoisotopic (exact) mass is 399 g/mol. The number of hydrogen-bond acceptors (Lipinski definition) is 4. The predicted molar refractivity (Wildman–Crippen MR) is 103 cm³/mol. The third-order valence-corrected chi connectivity index (χ3v) is 4.11. The molecule has 1 heterocycles. The van der Waals surface area contributed by atoms with E-state index < -0.39 is 17.6 Å². The molecule has 142 valence electrons. The first-order chi connectivity index (χ1) is 13.4. The number of halogens is 2. The van der Waals surface area contributed by atoms with Crippen molar-refractivity contribution in [3.05, 3.63) is 82.8 Å². The molecule has 0 unspecified atom stereocenters. The van der Waals surface area contributed by atoms with Crippen LogP contribution in [-0.2, 0) is 11.2 Å². The van der Waals surface area contributed by atoms with Gasteiger partial charge in [-0.2, -0.15) is 0 Å². The molecule has 28 heavy (non-hydrogen) atoms. The number of nitrogens with two attached hydrogens (primary N) is 1. The number of primary amides is 1. The Hall–Kier alpha value is -3.45. The standard InChI is InChI=1S/C20H15ClFN3O3/c21-16-5-2-6-17(22)15(16)10-18(26)25-13-7-8-19(24-11-13)28-14-4-1-3-12(9-14)20(23)27/h1-9,11H,10H2,(H2,23,27)(H,25,26). The maximum atomic E-state index is 13.8. The molecule has 6 nitrogen and oxygen atoms in total. The van der Waals surface area contributed by atoms with Gasteiger partial charge in [0.1, 0.15) is 11.6 Å². The van der Waals surface area contributed by atoms with E-state index in [0.717, 1.165) is 0 Å². The van der Waals surface area contributed by atoms with Crippen LogP contribution >= 0.6 is 11.6 Å². The average Bonchev–Trinajstić information content (AvgIpc) is 2.67. The number of pyridine rings is 1. The number of rotatable bonds is 6. The molecule has 0 aliphatic rings. The van der Waals surface area contributed by atoms with E-state index in [9.17, 15) is 14.0 Å². The van der Waals surface area contributed by atoms with Crippen LogP contribution in [0.3, 0.4) is 0 Å². The Bertz CT molecular complexity index is 1010. The number of carbonyl (C=O) groups is 2. The molecule has 0 spiro atoms. The van der Waals surface area contributed by atoms with Gasteiger partial charge in [0, 0.05) is 22.2 Å². The lowest BCUT2D eigenvalue weighted by Gasteiger charge is -2.09. The summed E-state index contributed by atoms with van der Waals surface area (Å²) in [5, 5.41) is 2.81. The summed E-state index contributed by atoms with van der Waals surface area (Å²) < 4.78 is 19.3. The molecule has 2 aromatic carbocycles. The van der Waals surface area contributed by atoms with Crippen LogP contribution in [0.1, 0.15) is 15.9 Å². The molecular formula is C20H15ClFN3O3. The van der Waals surface area contributed by atoms with Gasteiger partial charge in [0.15, 0.2) is 0 Å². The molecule has 3 aromatic rings. The van der Waals surface area contributed by atoms with E-state index in [1.165, 1.54) is 30.5 Å². The van der Waals surface area contributed by atoms with E-state index in [0.29, 0.717) is 17.0 Å². The molecule has 0 aliphatic heterocycles. The molecule has 0 aliphatic carbocycles. The molecular weight excluding hydrogens is 385 g/mol. The van der Waals surface area contributed by atoms with E-state index in [2.05, 4.69) is 10.3 Å².